The zero-order valence-corrected chi connectivity index (χ0v) is 12.1. The van der Waals surface area contributed by atoms with Crippen LogP contribution in [0.5, 0.6) is 5.75 Å². The zero-order chi connectivity index (χ0) is 17.2. The SMILES string of the molecule is O=C1C=C(Nc2cc(Cl)ccc2OC(F)(F)F)C(=O)N1CCO. The fourth-order valence-electron chi connectivity index (χ4n) is 1.87. The van der Waals surface area contributed by atoms with Crippen LogP contribution in [0, 0.1) is 0 Å². The molecule has 23 heavy (non-hydrogen) atoms. The first kappa shape index (κ1) is 17.1. The van der Waals surface area contributed by atoms with Crippen LogP contribution in [0.3, 0.4) is 0 Å². The Morgan fingerprint density at radius 1 is 1.30 bits per heavy atom. The lowest BCUT2D eigenvalue weighted by Gasteiger charge is -2.16. The molecule has 0 aromatic heterocycles. The summed E-state index contributed by atoms with van der Waals surface area (Å²) < 4.78 is 41.0. The van der Waals surface area contributed by atoms with E-state index >= 15 is 0 Å². The Hall–Kier alpha value is -2.26. The second-order valence-corrected chi connectivity index (χ2v) is 4.83. The van der Waals surface area contributed by atoms with Gasteiger partial charge < -0.3 is 15.2 Å². The van der Waals surface area contributed by atoms with Crippen molar-refractivity contribution in [3.8, 4) is 5.75 Å². The molecule has 124 valence electrons. The van der Waals surface area contributed by atoms with Crippen molar-refractivity contribution in [2.45, 2.75) is 6.36 Å². The number of nitrogens with zero attached hydrogens (tertiary/aromatic N) is 1. The number of hydrogen-bond acceptors (Lipinski definition) is 5. The van der Waals surface area contributed by atoms with Crippen molar-refractivity contribution in [1.82, 2.24) is 4.90 Å². The van der Waals surface area contributed by atoms with Gasteiger partial charge in [-0.15, -0.1) is 13.2 Å². The van der Waals surface area contributed by atoms with Crippen LogP contribution in [0.2, 0.25) is 5.02 Å². The minimum absolute atomic E-state index is 0.103. The average molecular weight is 351 g/mol. The molecule has 0 radical (unpaired) electrons. The van der Waals surface area contributed by atoms with Gasteiger partial charge >= 0.3 is 6.36 Å². The lowest BCUT2D eigenvalue weighted by Crippen LogP contribution is -2.34. The van der Waals surface area contributed by atoms with E-state index in [2.05, 4.69) is 10.1 Å². The number of rotatable bonds is 5. The number of carbonyl (C=O) groups excluding carboxylic acids is 2. The van der Waals surface area contributed by atoms with Gasteiger partial charge in [0.25, 0.3) is 11.8 Å². The number of aliphatic hydroxyl groups excluding tert-OH is 1. The maximum atomic E-state index is 12.4. The van der Waals surface area contributed by atoms with E-state index in [1.165, 1.54) is 6.07 Å². The highest BCUT2D eigenvalue weighted by Gasteiger charge is 2.34. The van der Waals surface area contributed by atoms with Gasteiger partial charge in [-0.1, -0.05) is 11.6 Å². The van der Waals surface area contributed by atoms with E-state index in [-0.39, 0.29) is 23.0 Å². The first-order valence-corrected chi connectivity index (χ1v) is 6.60. The number of β-amino-alcohol motifs (C(OH)–C–C–N with tert-alkyl or cyclic N) is 1. The molecule has 0 saturated carbocycles. The second-order valence-electron chi connectivity index (χ2n) is 4.39. The normalized spacial score (nSPS) is 15.0. The van der Waals surface area contributed by atoms with Gasteiger partial charge in [0.05, 0.1) is 18.8 Å². The molecule has 0 fully saturated rings. The molecule has 6 nitrogen and oxygen atoms in total. The monoisotopic (exact) mass is 350 g/mol. The van der Waals surface area contributed by atoms with Crippen LogP contribution in [0.15, 0.2) is 30.0 Å². The average Bonchev–Trinajstić information content (AvgIpc) is 2.69. The molecule has 0 spiro atoms. The quantitative estimate of drug-likeness (QED) is 0.793. The van der Waals surface area contributed by atoms with Crippen molar-refractivity contribution in [3.63, 3.8) is 0 Å². The summed E-state index contributed by atoms with van der Waals surface area (Å²) in [6.07, 6.45) is -4.02. The number of aliphatic hydroxyl groups is 1. The number of imide groups is 1. The van der Waals surface area contributed by atoms with Gasteiger partial charge in [0, 0.05) is 11.1 Å². The maximum absolute atomic E-state index is 12.4. The Bertz CT molecular complexity index is 676. The van der Waals surface area contributed by atoms with E-state index < -0.39 is 30.5 Å². The van der Waals surface area contributed by atoms with Gasteiger partial charge in [-0.3, -0.25) is 14.5 Å². The summed E-state index contributed by atoms with van der Waals surface area (Å²) in [6, 6.07) is 3.28. The molecule has 0 saturated heterocycles. The van der Waals surface area contributed by atoms with Gasteiger partial charge in [-0.25, -0.2) is 0 Å². The molecule has 0 atom stereocenters. The summed E-state index contributed by atoms with van der Waals surface area (Å²) in [5, 5.41) is 11.3. The van der Waals surface area contributed by atoms with Gasteiger partial charge in [-0.2, -0.15) is 0 Å². The summed E-state index contributed by atoms with van der Waals surface area (Å²) in [5.41, 5.74) is -0.481. The Labute approximate surface area is 133 Å². The summed E-state index contributed by atoms with van der Waals surface area (Å²) in [5.74, 6) is -2.07. The molecule has 0 unspecified atom stereocenters. The van der Waals surface area contributed by atoms with E-state index in [1.807, 2.05) is 0 Å². The van der Waals surface area contributed by atoms with Crippen LogP contribution in [0.25, 0.3) is 0 Å². The number of hydrogen-bond donors (Lipinski definition) is 2. The standard InChI is InChI=1S/C13H10ClF3N2O4/c14-7-1-2-10(23-13(15,16)17)8(5-7)18-9-6-11(21)19(3-4-20)12(9)22/h1-2,5-6,18,20H,3-4H2. The largest absolute Gasteiger partial charge is 0.573 e. The summed E-state index contributed by atoms with van der Waals surface area (Å²) >= 11 is 5.73. The Kier molecular flexibility index (Phi) is 4.81. The summed E-state index contributed by atoms with van der Waals surface area (Å²) in [4.78, 5) is 24.3. The van der Waals surface area contributed by atoms with E-state index in [4.69, 9.17) is 16.7 Å². The highest BCUT2D eigenvalue weighted by Crippen LogP contribution is 2.34. The third kappa shape index (κ3) is 4.14. The van der Waals surface area contributed by atoms with Gasteiger partial charge in [0.2, 0.25) is 0 Å². The minimum atomic E-state index is -4.93. The van der Waals surface area contributed by atoms with E-state index in [0.29, 0.717) is 0 Å². The molecule has 10 heteroatoms. The van der Waals surface area contributed by atoms with Crippen LogP contribution in [-0.2, 0) is 9.59 Å². The number of carbonyl (C=O) groups is 2. The van der Waals surface area contributed by atoms with Crippen molar-refractivity contribution in [2.75, 3.05) is 18.5 Å². The predicted molar refractivity (Wildman–Crippen MR) is 73.6 cm³/mol. The molecular formula is C13H10ClF3N2O4. The molecule has 2 amide bonds. The lowest BCUT2D eigenvalue weighted by molar-refractivity contribution is -0.274. The van der Waals surface area contributed by atoms with Gasteiger partial charge in [0.15, 0.2) is 5.75 Å². The number of halogens is 4. The molecular weight excluding hydrogens is 341 g/mol. The van der Waals surface area contributed by atoms with Crippen molar-refractivity contribution >= 4 is 29.1 Å². The Balaban J connectivity index is 2.26. The number of anilines is 1. The Morgan fingerprint density at radius 2 is 2.00 bits per heavy atom. The number of benzene rings is 1. The lowest BCUT2D eigenvalue weighted by atomic mass is 10.2. The number of nitrogens with one attached hydrogen (secondary N) is 1. The fourth-order valence-corrected chi connectivity index (χ4v) is 2.04. The van der Waals surface area contributed by atoms with Crippen LogP contribution < -0.4 is 10.1 Å². The molecule has 1 aromatic rings. The fraction of sp³-hybridized carbons (Fsp3) is 0.231. The third-order valence-corrected chi connectivity index (χ3v) is 3.00. The molecule has 1 aliphatic rings. The van der Waals surface area contributed by atoms with Crippen molar-refractivity contribution in [2.24, 2.45) is 0 Å². The smallest absolute Gasteiger partial charge is 0.404 e. The molecule has 1 heterocycles. The minimum Gasteiger partial charge on any atom is -0.404 e. The zero-order valence-electron chi connectivity index (χ0n) is 11.4. The highest BCUT2D eigenvalue weighted by molar-refractivity contribution is 6.31. The third-order valence-electron chi connectivity index (χ3n) is 2.77. The molecule has 1 aromatic carbocycles. The highest BCUT2D eigenvalue weighted by atomic mass is 35.5. The van der Waals surface area contributed by atoms with Crippen molar-refractivity contribution < 1.29 is 32.6 Å². The van der Waals surface area contributed by atoms with E-state index in [1.54, 1.807) is 0 Å². The summed E-state index contributed by atoms with van der Waals surface area (Å²) in [6.45, 7) is -0.654. The molecule has 2 N–H and O–H groups in total. The Morgan fingerprint density at radius 3 is 2.61 bits per heavy atom. The molecule has 1 aliphatic heterocycles. The van der Waals surface area contributed by atoms with E-state index in [9.17, 15) is 22.8 Å². The number of ether oxygens (including phenoxy) is 1. The molecule has 0 bridgehead atoms. The van der Waals surface area contributed by atoms with Crippen LogP contribution in [-0.4, -0.2) is 41.3 Å². The van der Waals surface area contributed by atoms with Crippen molar-refractivity contribution in [3.05, 3.63) is 35.0 Å². The molecule has 2 rings (SSSR count). The summed E-state index contributed by atoms with van der Waals surface area (Å²) in [7, 11) is 0. The van der Waals surface area contributed by atoms with Gasteiger partial charge in [-0.05, 0) is 18.2 Å². The van der Waals surface area contributed by atoms with Crippen molar-refractivity contribution in [1.29, 1.82) is 0 Å². The van der Waals surface area contributed by atoms with Crippen LogP contribution >= 0.6 is 11.6 Å². The topological polar surface area (TPSA) is 78.9 Å². The number of amides is 2. The first-order chi connectivity index (χ1) is 10.7. The second kappa shape index (κ2) is 6.47. The van der Waals surface area contributed by atoms with E-state index in [0.717, 1.165) is 23.1 Å². The predicted octanol–water partition coefficient (Wildman–Crippen LogP) is 1.90. The maximum Gasteiger partial charge on any atom is 0.573 e. The van der Waals surface area contributed by atoms with Gasteiger partial charge in [0.1, 0.15) is 5.70 Å². The number of alkyl halides is 3. The first-order valence-electron chi connectivity index (χ1n) is 6.22. The molecule has 0 aliphatic carbocycles. The van der Waals surface area contributed by atoms with Crippen LogP contribution in [0.1, 0.15) is 0 Å². The van der Waals surface area contributed by atoms with Crippen LogP contribution in [0.4, 0.5) is 18.9 Å².